The molecule has 0 amide bonds. The Kier molecular flexibility index (Phi) is 7.23. The van der Waals surface area contributed by atoms with E-state index in [2.05, 4.69) is 23.6 Å². The first-order valence-electron chi connectivity index (χ1n) is 10.9. The van der Waals surface area contributed by atoms with Crippen LogP contribution in [0.4, 0.5) is 0 Å². The van der Waals surface area contributed by atoms with Crippen molar-refractivity contribution in [2.24, 2.45) is 5.92 Å². The maximum Gasteiger partial charge on any atom is 0.214 e. The summed E-state index contributed by atoms with van der Waals surface area (Å²) in [5.41, 5.74) is -0.101. The van der Waals surface area contributed by atoms with Gasteiger partial charge in [0, 0.05) is 58.5 Å². The highest BCUT2D eigenvalue weighted by Crippen LogP contribution is 2.37. The highest BCUT2D eigenvalue weighted by Gasteiger charge is 2.43. The lowest BCUT2D eigenvalue weighted by Gasteiger charge is -2.49. The van der Waals surface area contributed by atoms with Crippen molar-refractivity contribution in [2.45, 2.75) is 64.5 Å². The van der Waals surface area contributed by atoms with Crippen LogP contribution in [-0.4, -0.2) is 92.3 Å². The Bertz CT molecular complexity index is 565. The van der Waals surface area contributed by atoms with Crippen LogP contribution < -0.4 is 0 Å². The third-order valence-corrected chi connectivity index (χ3v) is 8.58. The number of piperidine rings is 1. The Morgan fingerprint density at radius 3 is 2.33 bits per heavy atom. The molecule has 6 nitrogen and oxygen atoms in total. The summed E-state index contributed by atoms with van der Waals surface area (Å²) in [6.45, 7) is 14.4. The van der Waals surface area contributed by atoms with Crippen molar-refractivity contribution < 1.29 is 13.2 Å². The summed E-state index contributed by atoms with van der Waals surface area (Å²) in [5, 5.41) is 0. The zero-order valence-corrected chi connectivity index (χ0v) is 18.3. The van der Waals surface area contributed by atoms with E-state index in [1.54, 1.807) is 4.31 Å². The second kappa shape index (κ2) is 9.08. The molecule has 0 radical (unpaired) electrons. The summed E-state index contributed by atoms with van der Waals surface area (Å²) in [6, 6.07) is 0.596. The molecule has 3 aliphatic heterocycles. The molecule has 1 spiro atoms. The molecule has 3 fully saturated rings. The monoisotopic (exact) mass is 401 g/mol. The van der Waals surface area contributed by atoms with Gasteiger partial charge >= 0.3 is 0 Å². The predicted octanol–water partition coefficient (Wildman–Crippen LogP) is 2.01. The highest BCUT2D eigenvalue weighted by molar-refractivity contribution is 7.89. The van der Waals surface area contributed by atoms with Crippen molar-refractivity contribution >= 4 is 10.0 Å². The predicted molar refractivity (Wildman–Crippen MR) is 109 cm³/mol. The number of hydrogen-bond donors (Lipinski definition) is 0. The van der Waals surface area contributed by atoms with Gasteiger partial charge in [-0.2, -0.15) is 0 Å². The summed E-state index contributed by atoms with van der Waals surface area (Å²) < 4.78 is 32.7. The van der Waals surface area contributed by atoms with Gasteiger partial charge < -0.3 is 9.64 Å². The van der Waals surface area contributed by atoms with Gasteiger partial charge in [-0.3, -0.25) is 4.90 Å². The van der Waals surface area contributed by atoms with E-state index in [-0.39, 0.29) is 11.4 Å². The fourth-order valence-corrected chi connectivity index (χ4v) is 6.56. The average molecular weight is 402 g/mol. The fraction of sp³-hybridized carbons (Fsp3) is 1.00. The van der Waals surface area contributed by atoms with Gasteiger partial charge in [0.05, 0.1) is 11.4 Å². The van der Waals surface area contributed by atoms with Gasteiger partial charge in [0.2, 0.25) is 10.0 Å². The van der Waals surface area contributed by atoms with Crippen LogP contribution in [0.15, 0.2) is 0 Å². The molecule has 27 heavy (non-hydrogen) atoms. The first kappa shape index (κ1) is 21.5. The van der Waals surface area contributed by atoms with Crippen molar-refractivity contribution in [1.82, 2.24) is 14.1 Å². The Hall–Kier alpha value is -0.210. The highest BCUT2D eigenvalue weighted by atomic mass is 32.2. The van der Waals surface area contributed by atoms with Crippen molar-refractivity contribution in [2.75, 3.05) is 58.2 Å². The average Bonchev–Trinajstić information content (AvgIpc) is 2.62. The Morgan fingerprint density at radius 1 is 1.07 bits per heavy atom. The molecule has 1 atom stereocenters. The summed E-state index contributed by atoms with van der Waals surface area (Å²) in [5.74, 6) is 1.00. The standard InChI is InChI=1S/C20H39N3O3S/c1-4-15-27(24,25)23-8-6-20(7-9-23)16-19(5-14-26-20)22-12-10-21(11-13-22)17-18(2)3/h18-19H,4-17H2,1-3H3. The third kappa shape index (κ3) is 5.44. The van der Waals surface area contributed by atoms with E-state index in [4.69, 9.17) is 4.74 Å². The van der Waals surface area contributed by atoms with Gasteiger partial charge in [-0.15, -0.1) is 0 Å². The lowest BCUT2D eigenvalue weighted by Crippen LogP contribution is -2.57. The first-order valence-corrected chi connectivity index (χ1v) is 12.5. The van der Waals surface area contributed by atoms with E-state index in [9.17, 15) is 8.42 Å². The van der Waals surface area contributed by atoms with Crippen molar-refractivity contribution in [3.05, 3.63) is 0 Å². The topological polar surface area (TPSA) is 53.1 Å². The molecule has 0 N–H and O–H groups in total. The molecule has 3 heterocycles. The maximum absolute atomic E-state index is 12.3. The lowest BCUT2D eigenvalue weighted by atomic mass is 9.82. The molecule has 0 bridgehead atoms. The fourth-order valence-electron chi connectivity index (χ4n) is 5.05. The maximum atomic E-state index is 12.3. The van der Waals surface area contributed by atoms with Crippen LogP contribution in [0.2, 0.25) is 0 Å². The molecule has 7 heteroatoms. The van der Waals surface area contributed by atoms with Crippen molar-refractivity contribution in [3.8, 4) is 0 Å². The molecule has 3 saturated heterocycles. The molecule has 0 saturated carbocycles. The van der Waals surface area contributed by atoms with Crippen molar-refractivity contribution in [1.29, 1.82) is 0 Å². The first-order chi connectivity index (χ1) is 12.8. The summed E-state index contributed by atoms with van der Waals surface area (Å²) in [6.07, 6.45) is 4.56. The van der Waals surface area contributed by atoms with E-state index in [0.717, 1.165) is 51.3 Å². The molecule has 0 aromatic rings. The van der Waals surface area contributed by atoms with E-state index in [0.29, 0.717) is 25.6 Å². The van der Waals surface area contributed by atoms with E-state index < -0.39 is 10.0 Å². The zero-order chi connectivity index (χ0) is 19.5. The second-order valence-corrected chi connectivity index (χ2v) is 11.2. The minimum Gasteiger partial charge on any atom is -0.375 e. The van der Waals surface area contributed by atoms with Crippen molar-refractivity contribution in [3.63, 3.8) is 0 Å². The Balaban J connectivity index is 1.52. The van der Waals surface area contributed by atoms with Gasteiger partial charge in [0.15, 0.2) is 0 Å². The Labute approximate surface area is 166 Å². The molecule has 1 unspecified atom stereocenters. The minimum atomic E-state index is -3.08. The van der Waals surface area contributed by atoms with Gasteiger partial charge in [0.1, 0.15) is 0 Å². The van der Waals surface area contributed by atoms with Crippen LogP contribution in [-0.2, 0) is 14.8 Å². The number of piperazine rings is 1. The number of rotatable bonds is 6. The smallest absolute Gasteiger partial charge is 0.214 e. The van der Waals surface area contributed by atoms with Gasteiger partial charge in [0.25, 0.3) is 0 Å². The van der Waals surface area contributed by atoms with E-state index >= 15 is 0 Å². The van der Waals surface area contributed by atoms with Crippen LogP contribution in [0, 0.1) is 5.92 Å². The number of ether oxygens (including phenoxy) is 1. The van der Waals surface area contributed by atoms with E-state index in [1.165, 1.54) is 19.6 Å². The van der Waals surface area contributed by atoms with Gasteiger partial charge in [-0.25, -0.2) is 12.7 Å². The molecule has 0 aliphatic carbocycles. The molecule has 158 valence electrons. The molecular formula is C20H39N3O3S. The largest absolute Gasteiger partial charge is 0.375 e. The SMILES string of the molecule is CCCS(=O)(=O)N1CCC2(CC1)CC(N1CCN(CC(C)C)CC1)CCO2. The zero-order valence-electron chi connectivity index (χ0n) is 17.5. The number of sulfonamides is 1. The summed E-state index contributed by atoms with van der Waals surface area (Å²) in [7, 11) is -3.08. The normalized spacial score (nSPS) is 28.8. The quantitative estimate of drug-likeness (QED) is 0.681. The molecule has 0 aromatic heterocycles. The Morgan fingerprint density at radius 2 is 1.74 bits per heavy atom. The number of nitrogens with zero attached hydrogens (tertiary/aromatic N) is 3. The lowest BCUT2D eigenvalue weighted by molar-refractivity contribution is -0.130. The number of hydrogen-bond acceptors (Lipinski definition) is 5. The molecule has 0 aromatic carbocycles. The minimum absolute atomic E-state index is 0.101. The van der Waals surface area contributed by atoms with E-state index in [1.807, 2.05) is 6.92 Å². The molecule has 3 aliphatic rings. The van der Waals surface area contributed by atoms with Crippen LogP contribution in [0.3, 0.4) is 0 Å². The van der Waals surface area contributed by atoms with Crippen LogP contribution in [0.25, 0.3) is 0 Å². The second-order valence-electron chi connectivity index (χ2n) is 9.12. The van der Waals surface area contributed by atoms with Gasteiger partial charge in [-0.05, 0) is 38.0 Å². The summed E-state index contributed by atoms with van der Waals surface area (Å²) >= 11 is 0. The van der Waals surface area contributed by atoms with Crippen LogP contribution in [0.5, 0.6) is 0 Å². The molecular weight excluding hydrogens is 362 g/mol. The molecule has 3 rings (SSSR count). The van der Waals surface area contributed by atoms with Crippen LogP contribution >= 0.6 is 0 Å². The van der Waals surface area contributed by atoms with Crippen LogP contribution in [0.1, 0.15) is 52.9 Å². The van der Waals surface area contributed by atoms with Gasteiger partial charge in [-0.1, -0.05) is 20.8 Å². The third-order valence-electron chi connectivity index (χ3n) is 6.50. The summed E-state index contributed by atoms with van der Waals surface area (Å²) in [4.78, 5) is 5.26.